The zero-order valence-corrected chi connectivity index (χ0v) is 7.59. The largest absolute Gasteiger partial charge is 0.325 e. The summed E-state index contributed by atoms with van der Waals surface area (Å²) in [6.45, 7) is 2.56. The molecule has 0 fully saturated rings. The molecule has 0 aromatic carbocycles. The number of hydrogen-bond acceptors (Lipinski definition) is 2. The second kappa shape index (κ2) is 4.41. The van der Waals surface area contributed by atoms with Crippen molar-refractivity contribution < 1.29 is 0 Å². The molecular weight excluding hydrogens is 192 g/mol. The molecule has 0 saturated carbocycles. The fourth-order valence-corrected chi connectivity index (χ4v) is 0.710. The predicted molar refractivity (Wildman–Crippen MR) is 47.2 cm³/mol. The first kappa shape index (κ1) is 9.59. The van der Waals surface area contributed by atoms with Crippen molar-refractivity contribution in [3.8, 4) is 0 Å². The van der Waals surface area contributed by atoms with Gasteiger partial charge in [-0.3, -0.25) is 4.98 Å². The van der Waals surface area contributed by atoms with Gasteiger partial charge in [0.1, 0.15) is 0 Å². The normalized spacial score (nSPS) is 8.60. The first-order valence-electron chi connectivity index (χ1n) is 2.94. The van der Waals surface area contributed by atoms with Crippen LogP contribution in [0.15, 0.2) is 18.3 Å². The van der Waals surface area contributed by atoms with Gasteiger partial charge in [0.25, 0.3) is 0 Å². The van der Waals surface area contributed by atoms with Crippen molar-refractivity contribution in [1.82, 2.24) is 4.98 Å². The van der Waals surface area contributed by atoms with E-state index in [2.05, 4.69) is 4.98 Å². The number of hydrogen-bond donors (Lipinski definition) is 1. The van der Waals surface area contributed by atoms with Crippen LogP contribution in [0.4, 0.5) is 0 Å². The van der Waals surface area contributed by atoms with E-state index in [1.165, 1.54) is 5.56 Å². The highest BCUT2D eigenvalue weighted by atomic mass is 79.9. The molecule has 0 spiro atoms. The smallest absolute Gasteiger partial charge is 0.0542 e. The Morgan fingerprint density at radius 2 is 2.30 bits per heavy atom. The van der Waals surface area contributed by atoms with Gasteiger partial charge >= 0.3 is 0 Å². The van der Waals surface area contributed by atoms with Gasteiger partial charge in [-0.25, -0.2) is 0 Å². The summed E-state index contributed by atoms with van der Waals surface area (Å²) in [5, 5.41) is 0. The summed E-state index contributed by atoms with van der Waals surface area (Å²) in [4.78, 5) is 4.03. The fraction of sp³-hybridized carbons (Fsp3) is 0.286. The Balaban J connectivity index is 0.000000810. The van der Waals surface area contributed by atoms with Crippen LogP contribution < -0.4 is 5.73 Å². The van der Waals surface area contributed by atoms with Crippen LogP contribution in [-0.2, 0) is 6.54 Å². The third kappa shape index (κ3) is 2.45. The van der Waals surface area contributed by atoms with Crippen LogP contribution in [0.1, 0.15) is 11.3 Å². The Labute approximate surface area is 71.2 Å². The molecule has 0 bridgehead atoms. The number of nitrogens with two attached hydrogens (primary N) is 1. The van der Waals surface area contributed by atoms with Crippen LogP contribution in [0.25, 0.3) is 0 Å². The SMILES string of the molecule is Br.Cc1ccnc(CN)c1. The molecule has 0 amide bonds. The number of aromatic nitrogens is 1. The lowest BCUT2D eigenvalue weighted by molar-refractivity contribution is 0.984. The van der Waals surface area contributed by atoms with Gasteiger partial charge in [0, 0.05) is 12.7 Å². The topological polar surface area (TPSA) is 38.9 Å². The van der Waals surface area contributed by atoms with E-state index in [4.69, 9.17) is 5.73 Å². The average Bonchev–Trinajstić information content (AvgIpc) is 1.88. The van der Waals surface area contributed by atoms with Crippen molar-refractivity contribution in [3.05, 3.63) is 29.6 Å². The van der Waals surface area contributed by atoms with Gasteiger partial charge in [-0.1, -0.05) is 0 Å². The third-order valence-electron chi connectivity index (χ3n) is 1.18. The molecule has 3 heteroatoms. The molecule has 0 unspecified atom stereocenters. The summed E-state index contributed by atoms with van der Waals surface area (Å²) in [6.07, 6.45) is 1.78. The number of nitrogens with zero attached hydrogens (tertiary/aromatic N) is 1. The van der Waals surface area contributed by atoms with E-state index in [0.717, 1.165) is 5.69 Å². The lowest BCUT2D eigenvalue weighted by atomic mass is 10.2. The summed E-state index contributed by atoms with van der Waals surface area (Å²) in [7, 11) is 0. The molecule has 56 valence electrons. The maximum absolute atomic E-state index is 5.36. The van der Waals surface area contributed by atoms with Crippen LogP contribution in [0.2, 0.25) is 0 Å². The van der Waals surface area contributed by atoms with Gasteiger partial charge in [-0.05, 0) is 24.6 Å². The first-order chi connectivity index (χ1) is 4.33. The van der Waals surface area contributed by atoms with Gasteiger partial charge in [-0.15, -0.1) is 17.0 Å². The molecule has 0 atom stereocenters. The maximum atomic E-state index is 5.36. The number of aryl methyl sites for hydroxylation is 1. The molecule has 0 aliphatic heterocycles. The lowest BCUT2D eigenvalue weighted by Crippen LogP contribution is -1.98. The van der Waals surface area contributed by atoms with Crippen molar-refractivity contribution >= 4 is 17.0 Å². The minimum absolute atomic E-state index is 0. The van der Waals surface area contributed by atoms with E-state index in [0.29, 0.717) is 6.54 Å². The average molecular weight is 203 g/mol. The molecule has 10 heavy (non-hydrogen) atoms. The van der Waals surface area contributed by atoms with Crippen molar-refractivity contribution in [1.29, 1.82) is 0 Å². The predicted octanol–water partition coefficient (Wildman–Crippen LogP) is 1.43. The molecule has 2 N–H and O–H groups in total. The van der Waals surface area contributed by atoms with Crippen LogP contribution >= 0.6 is 17.0 Å². The van der Waals surface area contributed by atoms with Crippen LogP contribution in [0, 0.1) is 6.92 Å². The highest BCUT2D eigenvalue weighted by Crippen LogP contribution is 1.97. The van der Waals surface area contributed by atoms with Crippen molar-refractivity contribution in [2.45, 2.75) is 13.5 Å². The molecule has 0 radical (unpaired) electrons. The monoisotopic (exact) mass is 202 g/mol. The van der Waals surface area contributed by atoms with E-state index in [-0.39, 0.29) is 17.0 Å². The summed E-state index contributed by atoms with van der Waals surface area (Å²) >= 11 is 0. The van der Waals surface area contributed by atoms with Gasteiger partial charge < -0.3 is 5.73 Å². The second-order valence-electron chi connectivity index (χ2n) is 2.03. The fourth-order valence-electron chi connectivity index (χ4n) is 0.710. The van der Waals surface area contributed by atoms with Crippen molar-refractivity contribution in [3.63, 3.8) is 0 Å². The van der Waals surface area contributed by atoms with Crippen LogP contribution in [0.5, 0.6) is 0 Å². The molecule has 1 rings (SSSR count). The van der Waals surface area contributed by atoms with E-state index in [1.807, 2.05) is 19.1 Å². The van der Waals surface area contributed by atoms with E-state index < -0.39 is 0 Å². The Kier molecular flexibility index (Phi) is 4.23. The van der Waals surface area contributed by atoms with E-state index in [1.54, 1.807) is 6.20 Å². The van der Waals surface area contributed by atoms with E-state index in [9.17, 15) is 0 Å². The number of pyridine rings is 1. The molecular formula is C7H11BrN2. The molecule has 0 aliphatic rings. The minimum Gasteiger partial charge on any atom is -0.325 e. The molecule has 0 aliphatic carbocycles. The lowest BCUT2D eigenvalue weighted by Gasteiger charge is -1.94. The molecule has 1 aromatic rings. The maximum Gasteiger partial charge on any atom is 0.0542 e. The van der Waals surface area contributed by atoms with E-state index >= 15 is 0 Å². The molecule has 1 aromatic heterocycles. The van der Waals surface area contributed by atoms with Gasteiger partial charge in [0.2, 0.25) is 0 Å². The zero-order chi connectivity index (χ0) is 6.69. The van der Waals surface area contributed by atoms with Gasteiger partial charge in [0.05, 0.1) is 5.69 Å². The van der Waals surface area contributed by atoms with Crippen molar-refractivity contribution in [2.75, 3.05) is 0 Å². The summed E-state index contributed by atoms with van der Waals surface area (Å²) in [5.74, 6) is 0. The summed E-state index contributed by atoms with van der Waals surface area (Å²) < 4.78 is 0. The molecule has 2 nitrogen and oxygen atoms in total. The third-order valence-corrected chi connectivity index (χ3v) is 1.18. The van der Waals surface area contributed by atoms with Crippen LogP contribution in [0.3, 0.4) is 0 Å². The summed E-state index contributed by atoms with van der Waals surface area (Å²) in [5.41, 5.74) is 7.52. The highest BCUT2D eigenvalue weighted by Gasteiger charge is 1.87. The minimum atomic E-state index is 0. The Morgan fingerprint density at radius 1 is 1.60 bits per heavy atom. The van der Waals surface area contributed by atoms with Crippen LogP contribution in [-0.4, -0.2) is 4.98 Å². The Bertz CT molecular complexity index is 201. The first-order valence-corrected chi connectivity index (χ1v) is 2.94. The van der Waals surface area contributed by atoms with Gasteiger partial charge in [0.15, 0.2) is 0 Å². The standard InChI is InChI=1S/C7H10N2.BrH/c1-6-2-3-9-7(4-6)5-8;/h2-4H,5,8H2,1H3;1H. The zero-order valence-electron chi connectivity index (χ0n) is 5.87. The Hall–Kier alpha value is -0.410. The van der Waals surface area contributed by atoms with Gasteiger partial charge in [-0.2, -0.15) is 0 Å². The summed E-state index contributed by atoms with van der Waals surface area (Å²) in [6, 6.07) is 3.94. The van der Waals surface area contributed by atoms with Crippen molar-refractivity contribution in [2.24, 2.45) is 5.73 Å². The molecule has 0 saturated heterocycles. The highest BCUT2D eigenvalue weighted by molar-refractivity contribution is 8.93. The Morgan fingerprint density at radius 3 is 2.70 bits per heavy atom. The number of halogens is 1. The second-order valence-corrected chi connectivity index (χ2v) is 2.03. The number of rotatable bonds is 1. The quantitative estimate of drug-likeness (QED) is 0.749. The molecule has 1 heterocycles.